The standard InChI is InChI=1S/C8H17NO/c1-2-7-4-3-5-8(7,9)6-10/h7,10H,2-6,9H2,1H3/t7-,8-/m1/s1. The normalized spacial score (nSPS) is 40.5. The molecule has 2 atom stereocenters. The van der Waals surface area contributed by atoms with Crippen LogP contribution in [0.2, 0.25) is 0 Å². The Hall–Kier alpha value is -0.0800. The van der Waals surface area contributed by atoms with E-state index in [1.165, 1.54) is 12.8 Å². The van der Waals surface area contributed by atoms with Gasteiger partial charge >= 0.3 is 0 Å². The van der Waals surface area contributed by atoms with E-state index in [9.17, 15) is 0 Å². The van der Waals surface area contributed by atoms with Gasteiger partial charge in [-0.05, 0) is 18.8 Å². The highest BCUT2D eigenvalue weighted by Gasteiger charge is 2.37. The zero-order valence-electron chi connectivity index (χ0n) is 6.64. The molecule has 0 heterocycles. The van der Waals surface area contributed by atoms with E-state index in [1.807, 2.05) is 0 Å². The summed E-state index contributed by atoms with van der Waals surface area (Å²) < 4.78 is 0. The van der Waals surface area contributed by atoms with Crippen molar-refractivity contribution in [1.29, 1.82) is 0 Å². The lowest BCUT2D eigenvalue weighted by molar-refractivity contribution is 0.158. The molecule has 0 amide bonds. The Morgan fingerprint density at radius 1 is 1.70 bits per heavy atom. The van der Waals surface area contributed by atoms with Gasteiger partial charge in [-0.1, -0.05) is 19.8 Å². The van der Waals surface area contributed by atoms with Crippen molar-refractivity contribution in [3.05, 3.63) is 0 Å². The van der Waals surface area contributed by atoms with E-state index in [4.69, 9.17) is 10.8 Å². The molecular formula is C8H17NO. The Morgan fingerprint density at radius 3 is 2.80 bits per heavy atom. The summed E-state index contributed by atoms with van der Waals surface area (Å²) in [5.74, 6) is 0.553. The van der Waals surface area contributed by atoms with E-state index in [1.54, 1.807) is 0 Å². The van der Waals surface area contributed by atoms with E-state index in [2.05, 4.69) is 6.92 Å². The van der Waals surface area contributed by atoms with E-state index in [0.29, 0.717) is 5.92 Å². The molecule has 0 aromatic rings. The van der Waals surface area contributed by atoms with Crippen LogP contribution in [0.3, 0.4) is 0 Å². The molecule has 0 aliphatic heterocycles. The van der Waals surface area contributed by atoms with Crippen LogP contribution in [0.4, 0.5) is 0 Å². The van der Waals surface area contributed by atoms with Gasteiger partial charge in [-0.2, -0.15) is 0 Å². The third kappa shape index (κ3) is 1.18. The van der Waals surface area contributed by atoms with E-state index >= 15 is 0 Å². The minimum absolute atomic E-state index is 0.158. The fourth-order valence-electron chi connectivity index (χ4n) is 1.99. The highest BCUT2D eigenvalue weighted by molar-refractivity contribution is 4.95. The molecule has 0 aromatic carbocycles. The van der Waals surface area contributed by atoms with Gasteiger partial charge in [0.2, 0.25) is 0 Å². The van der Waals surface area contributed by atoms with Crippen molar-refractivity contribution in [2.24, 2.45) is 11.7 Å². The Morgan fingerprint density at radius 2 is 2.40 bits per heavy atom. The van der Waals surface area contributed by atoms with Crippen molar-refractivity contribution in [3.8, 4) is 0 Å². The Labute approximate surface area is 62.4 Å². The summed E-state index contributed by atoms with van der Waals surface area (Å²) in [6.07, 6.45) is 4.50. The van der Waals surface area contributed by atoms with Crippen LogP contribution in [0.5, 0.6) is 0 Å². The summed E-state index contributed by atoms with van der Waals surface area (Å²) in [6.45, 7) is 2.30. The van der Waals surface area contributed by atoms with Gasteiger partial charge < -0.3 is 10.8 Å². The molecule has 1 rings (SSSR count). The number of hydrogen-bond acceptors (Lipinski definition) is 2. The highest BCUT2D eigenvalue weighted by Crippen LogP contribution is 2.35. The Bertz CT molecular complexity index is 116. The molecule has 1 aliphatic rings. The molecule has 2 nitrogen and oxygen atoms in total. The zero-order chi connectivity index (χ0) is 7.61. The van der Waals surface area contributed by atoms with Crippen LogP contribution in [-0.2, 0) is 0 Å². The lowest BCUT2D eigenvalue weighted by Gasteiger charge is -2.28. The number of aliphatic hydroxyl groups is 1. The molecule has 0 radical (unpaired) electrons. The molecule has 0 saturated heterocycles. The number of aliphatic hydroxyl groups excluding tert-OH is 1. The summed E-state index contributed by atoms with van der Waals surface area (Å²) in [6, 6.07) is 0. The molecule has 2 heteroatoms. The van der Waals surface area contributed by atoms with E-state index in [0.717, 1.165) is 12.8 Å². The first-order valence-electron chi connectivity index (χ1n) is 4.12. The van der Waals surface area contributed by atoms with Crippen molar-refractivity contribution in [1.82, 2.24) is 0 Å². The molecule has 0 spiro atoms. The molecule has 60 valence electrons. The minimum atomic E-state index is -0.241. The summed E-state index contributed by atoms with van der Waals surface area (Å²) >= 11 is 0. The molecule has 0 aromatic heterocycles. The van der Waals surface area contributed by atoms with Gasteiger partial charge in [-0.3, -0.25) is 0 Å². The van der Waals surface area contributed by atoms with E-state index < -0.39 is 0 Å². The quantitative estimate of drug-likeness (QED) is 0.603. The first-order chi connectivity index (χ1) is 4.73. The van der Waals surface area contributed by atoms with Crippen LogP contribution >= 0.6 is 0 Å². The molecular weight excluding hydrogens is 126 g/mol. The first-order valence-corrected chi connectivity index (χ1v) is 4.12. The molecule has 1 saturated carbocycles. The van der Waals surface area contributed by atoms with Crippen LogP contribution < -0.4 is 5.73 Å². The zero-order valence-corrected chi connectivity index (χ0v) is 6.64. The Balaban J connectivity index is 2.56. The SMILES string of the molecule is CC[C@@H]1CCC[C@@]1(N)CO. The molecule has 10 heavy (non-hydrogen) atoms. The van der Waals surface area contributed by atoms with Gasteiger partial charge in [-0.25, -0.2) is 0 Å². The lowest BCUT2D eigenvalue weighted by atomic mass is 9.87. The second kappa shape index (κ2) is 2.89. The van der Waals surface area contributed by atoms with Gasteiger partial charge in [0.1, 0.15) is 0 Å². The summed E-state index contributed by atoms with van der Waals surface area (Å²) in [7, 11) is 0. The van der Waals surface area contributed by atoms with Gasteiger partial charge in [0.15, 0.2) is 0 Å². The maximum absolute atomic E-state index is 9.00. The average molecular weight is 143 g/mol. The molecule has 0 bridgehead atoms. The Kier molecular flexibility index (Phi) is 2.32. The third-order valence-corrected chi connectivity index (χ3v) is 2.80. The monoisotopic (exact) mass is 143 g/mol. The summed E-state index contributed by atoms with van der Waals surface area (Å²) in [5, 5.41) is 9.00. The first kappa shape index (κ1) is 8.02. The fourth-order valence-corrected chi connectivity index (χ4v) is 1.99. The molecule has 1 fully saturated rings. The maximum atomic E-state index is 9.00. The van der Waals surface area contributed by atoms with Crippen molar-refractivity contribution in [3.63, 3.8) is 0 Å². The van der Waals surface area contributed by atoms with Crippen LogP contribution in [0.1, 0.15) is 32.6 Å². The van der Waals surface area contributed by atoms with Gasteiger partial charge in [0.25, 0.3) is 0 Å². The van der Waals surface area contributed by atoms with Crippen LogP contribution in [0.15, 0.2) is 0 Å². The second-order valence-corrected chi connectivity index (χ2v) is 3.39. The third-order valence-electron chi connectivity index (χ3n) is 2.80. The van der Waals surface area contributed by atoms with E-state index in [-0.39, 0.29) is 12.1 Å². The van der Waals surface area contributed by atoms with Crippen molar-refractivity contribution < 1.29 is 5.11 Å². The number of hydrogen-bond donors (Lipinski definition) is 2. The smallest absolute Gasteiger partial charge is 0.0613 e. The van der Waals surface area contributed by atoms with Crippen LogP contribution in [0, 0.1) is 5.92 Å². The number of nitrogens with two attached hydrogens (primary N) is 1. The second-order valence-electron chi connectivity index (χ2n) is 3.39. The average Bonchev–Trinajstić information content (AvgIpc) is 2.32. The van der Waals surface area contributed by atoms with Gasteiger partial charge in [-0.15, -0.1) is 0 Å². The fraction of sp³-hybridized carbons (Fsp3) is 1.00. The lowest BCUT2D eigenvalue weighted by Crippen LogP contribution is -2.46. The van der Waals surface area contributed by atoms with Crippen molar-refractivity contribution in [2.75, 3.05) is 6.61 Å². The van der Waals surface area contributed by atoms with Crippen LogP contribution in [0.25, 0.3) is 0 Å². The maximum Gasteiger partial charge on any atom is 0.0613 e. The largest absolute Gasteiger partial charge is 0.394 e. The topological polar surface area (TPSA) is 46.2 Å². The predicted molar refractivity (Wildman–Crippen MR) is 41.6 cm³/mol. The minimum Gasteiger partial charge on any atom is -0.394 e. The van der Waals surface area contributed by atoms with Crippen LogP contribution in [-0.4, -0.2) is 17.3 Å². The predicted octanol–water partition coefficient (Wildman–Crippen LogP) is 0.886. The molecule has 3 N–H and O–H groups in total. The summed E-state index contributed by atoms with van der Waals surface area (Å²) in [5.41, 5.74) is 5.72. The van der Waals surface area contributed by atoms with Crippen molar-refractivity contribution in [2.45, 2.75) is 38.1 Å². The molecule has 1 aliphatic carbocycles. The molecule has 0 unspecified atom stereocenters. The highest BCUT2D eigenvalue weighted by atomic mass is 16.3. The van der Waals surface area contributed by atoms with Crippen molar-refractivity contribution >= 4 is 0 Å². The van der Waals surface area contributed by atoms with Gasteiger partial charge in [0.05, 0.1) is 6.61 Å². The summed E-state index contributed by atoms with van der Waals surface area (Å²) in [4.78, 5) is 0. The number of rotatable bonds is 2. The van der Waals surface area contributed by atoms with Gasteiger partial charge in [0, 0.05) is 5.54 Å².